The van der Waals surface area contributed by atoms with E-state index >= 15 is 0 Å². The Hall–Kier alpha value is -2.34. The molecule has 2 aliphatic heterocycles. The van der Waals surface area contributed by atoms with Crippen LogP contribution in [0.3, 0.4) is 0 Å². The molecule has 0 aromatic rings. The van der Waals surface area contributed by atoms with Gasteiger partial charge in [-0.05, 0) is 12.8 Å². The van der Waals surface area contributed by atoms with Crippen LogP contribution in [0.15, 0.2) is 0 Å². The van der Waals surface area contributed by atoms with Crippen molar-refractivity contribution in [3.63, 3.8) is 0 Å². The molecule has 2 atom stereocenters. The first-order valence-corrected chi connectivity index (χ1v) is 10.4. The number of amides is 4. The lowest BCUT2D eigenvalue weighted by molar-refractivity contribution is -0.150. The summed E-state index contributed by atoms with van der Waals surface area (Å²) in [5.74, 6) is -2.70. The van der Waals surface area contributed by atoms with Gasteiger partial charge in [-0.3, -0.25) is 24.0 Å². The van der Waals surface area contributed by atoms with Crippen LogP contribution >= 0.6 is 11.8 Å². The lowest BCUT2D eigenvalue weighted by Gasteiger charge is -2.41. The van der Waals surface area contributed by atoms with E-state index in [1.54, 1.807) is 0 Å². The predicted octanol–water partition coefficient (Wildman–Crippen LogP) is -2.12. The van der Waals surface area contributed by atoms with Crippen LogP contribution in [0.25, 0.3) is 0 Å². The average molecular weight is 430 g/mol. The van der Waals surface area contributed by atoms with Crippen molar-refractivity contribution in [2.45, 2.75) is 24.9 Å². The van der Waals surface area contributed by atoms with E-state index in [2.05, 4.69) is 10.6 Å². The van der Waals surface area contributed by atoms with E-state index < -0.39 is 24.0 Å². The molecule has 162 valence electrons. The van der Waals surface area contributed by atoms with Crippen LogP contribution in [-0.2, 0) is 28.7 Å². The second-order valence-electron chi connectivity index (χ2n) is 6.76. The summed E-state index contributed by atoms with van der Waals surface area (Å²) in [5, 5.41) is 14.0. The number of methoxy groups -OCH3 is 1. The van der Waals surface area contributed by atoms with E-state index in [-0.39, 0.29) is 55.5 Å². The summed E-state index contributed by atoms with van der Waals surface area (Å²) >= 11 is 0.972. The van der Waals surface area contributed by atoms with Gasteiger partial charge in [0.1, 0.15) is 18.7 Å². The number of carboxylic acids is 1. The Morgan fingerprint density at radius 1 is 1.24 bits per heavy atom. The Labute approximate surface area is 172 Å². The number of nitrogens with zero attached hydrogens (tertiary/aromatic N) is 2. The minimum Gasteiger partial charge on any atom is -0.481 e. The molecule has 2 heterocycles. The van der Waals surface area contributed by atoms with E-state index in [1.807, 2.05) is 0 Å². The quantitative estimate of drug-likeness (QED) is 0.396. The highest BCUT2D eigenvalue weighted by Gasteiger charge is 2.38. The van der Waals surface area contributed by atoms with Gasteiger partial charge in [-0.1, -0.05) is 0 Å². The minimum absolute atomic E-state index is 0.0257. The smallest absolute Gasteiger partial charge is 0.313 e. The molecule has 11 nitrogen and oxygen atoms in total. The fraction of sp³-hybridized carbons (Fsp3) is 0.706. The molecule has 0 radical (unpaired) electrons. The molecule has 2 fully saturated rings. The first-order valence-electron chi connectivity index (χ1n) is 9.27. The highest BCUT2D eigenvalue weighted by molar-refractivity contribution is 8.00. The van der Waals surface area contributed by atoms with Gasteiger partial charge in [0.15, 0.2) is 0 Å². The van der Waals surface area contributed by atoms with Gasteiger partial charge in [0.2, 0.25) is 23.6 Å². The molecule has 0 aliphatic carbocycles. The fourth-order valence-corrected chi connectivity index (χ4v) is 3.87. The molecule has 2 aliphatic rings. The van der Waals surface area contributed by atoms with Crippen molar-refractivity contribution in [3.05, 3.63) is 0 Å². The molecule has 3 N–H and O–H groups in total. The number of aliphatic carboxylic acids is 1. The van der Waals surface area contributed by atoms with Crippen molar-refractivity contribution < 1.29 is 33.8 Å². The van der Waals surface area contributed by atoms with Crippen LogP contribution in [-0.4, -0.2) is 108 Å². The van der Waals surface area contributed by atoms with E-state index in [0.717, 1.165) is 18.2 Å². The number of piperidine rings is 1. The van der Waals surface area contributed by atoms with Crippen LogP contribution in [0.5, 0.6) is 0 Å². The molecular formula is C17H26N4O7S. The number of piperazine rings is 1. The Kier molecular flexibility index (Phi) is 8.70. The third-order valence-corrected chi connectivity index (χ3v) is 5.58. The highest BCUT2D eigenvalue weighted by atomic mass is 32.2. The van der Waals surface area contributed by atoms with Gasteiger partial charge in [-0.2, -0.15) is 0 Å². The lowest BCUT2D eigenvalue weighted by atomic mass is 10.0. The summed E-state index contributed by atoms with van der Waals surface area (Å²) in [6.07, 6.45) is 1.24. The molecule has 0 aromatic heterocycles. The van der Waals surface area contributed by atoms with E-state index in [4.69, 9.17) is 9.84 Å². The predicted molar refractivity (Wildman–Crippen MR) is 103 cm³/mol. The maximum Gasteiger partial charge on any atom is 0.313 e. The molecule has 12 heteroatoms. The third-order valence-electron chi connectivity index (χ3n) is 4.68. The first-order chi connectivity index (χ1) is 13.8. The number of ether oxygens (including phenoxy) is 1. The Balaban J connectivity index is 2.05. The van der Waals surface area contributed by atoms with Gasteiger partial charge in [0.05, 0.1) is 18.1 Å². The highest BCUT2D eigenvalue weighted by Crippen LogP contribution is 2.14. The molecule has 2 rings (SSSR count). The largest absolute Gasteiger partial charge is 0.481 e. The number of nitrogens with one attached hydrogen (secondary N) is 2. The Bertz CT molecular complexity index is 660. The molecule has 0 unspecified atom stereocenters. The number of carbonyl (C=O) groups excluding carboxylic acids is 4. The van der Waals surface area contributed by atoms with Crippen LogP contribution in [0, 0.1) is 0 Å². The Morgan fingerprint density at radius 2 is 2.00 bits per heavy atom. The van der Waals surface area contributed by atoms with Gasteiger partial charge >= 0.3 is 5.97 Å². The van der Waals surface area contributed by atoms with Crippen molar-refractivity contribution >= 4 is 41.4 Å². The van der Waals surface area contributed by atoms with Gasteiger partial charge in [0.25, 0.3) is 0 Å². The number of rotatable bonds is 8. The average Bonchev–Trinajstić information content (AvgIpc) is 2.69. The van der Waals surface area contributed by atoms with Crippen molar-refractivity contribution in [1.82, 2.24) is 20.4 Å². The zero-order chi connectivity index (χ0) is 21.4. The Morgan fingerprint density at radius 3 is 2.66 bits per heavy atom. The van der Waals surface area contributed by atoms with Gasteiger partial charge in [0, 0.05) is 26.7 Å². The maximum atomic E-state index is 12.9. The van der Waals surface area contributed by atoms with Gasteiger partial charge < -0.3 is 30.3 Å². The molecule has 0 spiro atoms. The third kappa shape index (κ3) is 6.60. The summed E-state index contributed by atoms with van der Waals surface area (Å²) in [6.45, 7) is 0.712. The zero-order valence-electron chi connectivity index (χ0n) is 16.2. The summed E-state index contributed by atoms with van der Waals surface area (Å²) in [7, 11) is 1.37. The van der Waals surface area contributed by atoms with Crippen LogP contribution in [0.2, 0.25) is 0 Å². The number of carboxylic acid groups (broad SMARTS) is 1. The van der Waals surface area contributed by atoms with Crippen molar-refractivity contribution in [1.29, 1.82) is 0 Å². The van der Waals surface area contributed by atoms with Gasteiger partial charge in [-0.15, -0.1) is 11.8 Å². The van der Waals surface area contributed by atoms with Crippen molar-refractivity contribution in [2.24, 2.45) is 0 Å². The van der Waals surface area contributed by atoms with E-state index in [1.165, 1.54) is 16.9 Å². The number of carbonyl (C=O) groups is 5. The molecule has 0 bridgehead atoms. The first kappa shape index (κ1) is 22.9. The maximum absolute atomic E-state index is 12.9. The zero-order valence-corrected chi connectivity index (χ0v) is 17.0. The molecule has 0 saturated carbocycles. The van der Waals surface area contributed by atoms with Crippen LogP contribution < -0.4 is 10.6 Å². The summed E-state index contributed by atoms with van der Waals surface area (Å²) in [5.41, 5.74) is 0. The summed E-state index contributed by atoms with van der Waals surface area (Å²) in [6, 6.07) is -1.62. The van der Waals surface area contributed by atoms with Crippen molar-refractivity contribution in [2.75, 3.05) is 51.4 Å². The normalized spacial score (nSPS) is 22.0. The number of thioether (sulfide) groups is 1. The standard InChI is InChI=1S/C17H26N4O7S/c1-28-8-13(22)21-6-5-20(14(23)9-29-10-15(24)25)7-12(21)17(27)19-11-3-2-4-18-16(11)26/h11-12H,2-10H2,1H3,(H,18,26)(H,19,27)(H,24,25)/t11-,12-/m0/s1. The van der Waals surface area contributed by atoms with E-state index in [9.17, 15) is 24.0 Å². The molecule has 4 amide bonds. The number of hydrogen-bond acceptors (Lipinski definition) is 7. The summed E-state index contributed by atoms with van der Waals surface area (Å²) < 4.78 is 4.88. The topological polar surface area (TPSA) is 145 Å². The molecular weight excluding hydrogens is 404 g/mol. The van der Waals surface area contributed by atoms with Crippen molar-refractivity contribution in [3.8, 4) is 0 Å². The van der Waals surface area contributed by atoms with Crippen LogP contribution in [0.1, 0.15) is 12.8 Å². The van der Waals surface area contributed by atoms with E-state index in [0.29, 0.717) is 13.0 Å². The molecule has 29 heavy (non-hydrogen) atoms. The summed E-state index contributed by atoms with van der Waals surface area (Å²) in [4.78, 5) is 62.9. The second kappa shape index (κ2) is 11.0. The SMILES string of the molecule is COCC(=O)N1CCN(C(=O)CSCC(=O)O)C[C@H]1C(=O)N[C@H]1CCCNC1=O. The fourth-order valence-electron chi connectivity index (χ4n) is 3.23. The number of hydrogen-bond donors (Lipinski definition) is 3. The van der Waals surface area contributed by atoms with Crippen LogP contribution in [0.4, 0.5) is 0 Å². The lowest BCUT2D eigenvalue weighted by Crippen LogP contribution is -2.64. The minimum atomic E-state index is -1.01. The molecule has 2 saturated heterocycles. The monoisotopic (exact) mass is 430 g/mol. The second-order valence-corrected chi connectivity index (χ2v) is 7.74. The van der Waals surface area contributed by atoms with Gasteiger partial charge in [-0.25, -0.2) is 0 Å². The molecule has 0 aromatic carbocycles.